The SMILES string of the molecule is COc1c(Cl)cc(Cl)cc1C(=O)NC(=S)Nc1cccc2c(O)cccc12. The average Bonchev–Trinajstić information content (AvgIpc) is 2.62. The Balaban J connectivity index is 1.83. The van der Waals surface area contributed by atoms with Crippen molar-refractivity contribution in [2.24, 2.45) is 0 Å². The largest absolute Gasteiger partial charge is 0.507 e. The minimum absolute atomic E-state index is 0.0778. The van der Waals surface area contributed by atoms with E-state index in [1.165, 1.54) is 19.2 Å². The number of halogens is 2. The number of hydrogen-bond donors (Lipinski definition) is 3. The van der Waals surface area contributed by atoms with Crippen molar-refractivity contribution >= 4 is 62.9 Å². The van der Waals surface area contributed by atoms with Crippen molar-refractivity contribution < 1.29 is 14.6 Å². The van der Waals surface area contributed by atoms with Gasteiger partial charge in [-0.25, -0.2) is 0 Å². The van der Waals surface area contributed by atoms with Gasteiger partial charge in [-0.15, -0.1) is 0 Å². The number of benzene rings is 3. The second kappa shape index (κ2) is 8.00. The van der Waals surface area contributed by atoms with Gasteiger partial charge < -0.3 is 15.2 Å². The second-order valence-corrected chi connectivity index (χ2v) is 6.81. The molecule has 0 heterocycles. The molecule has 3 rings (SSSR count). The monoisotopic (exact) mass is 420 g/mol. The van der Waals surface area contributed by atoms with E-state index in [1.54, 1.807) is 30.3 Å². The number of anilines is 1. The normalized spacial score (nSPS) is 10.5. The molecule has 1 amide bonds. The number of carbonyl (C=O) groups excluding carboxylic acids is 1. The molecule has 0 saturated carbocycles. The Morgan fingerprint density at radius 2 is 1.81 bits per heavy atom. The Hall–Kier alpha value is -2.54. The third-order valence-electron chi connectivity index (χ3n) is 3.83. The molecule has 0 aliphatic heterocycles. The summed E-state index contributed by atoms with van der Waals surface area (Å²) in [7, 11) is 1.41. The Kier molecular flexibility index (Phi) is 5.70. The fourth-order valence-electron chi connectivity index (χ4n) is 2.66. The number of aromatic hydroxyl groups is 1. The zero-order chi connectivity index (χ0) is 19.6. The van der Waals surface area contributed by atoms with Gasteiger partial charge in [-0.2, -0.15) is 0 Å². The number of carbonyl (C=O) groups is 1. The van der Waals surface area contributed by atoms with Gasteiger partial charge in [0, 0.05) is 21.5 Å². The number of phenols is 1. The fraction of sp³-hybridized carbons (Fsp3) is 0.0526. The molecule has 3 N–H and O–H groups in total. The second-order valence-electron chi connectivity index (χ2n) is 5.55. The molecule has 0 unspecified atom stereocenters. The van der Waals surface area contributed by atoms with Crippen molar-refractivity contribution in [1.82, 2.24) is 5.32 Å². The summed E-state index contributed by atoms with van der Waals surface area (Å²) in [5.41, 5.74) is 0.805. The fourth-order valence-corrected chi connectivity index (χ4v) is 3.44. The van der Waals surface area contributed by atoms with Crippen LogP contribution in [-0.4, -0.2) is 23.2 Å². The number of thiocarbonyl (C=S) groups is 1. The van der Waals surface area contributed by atoms with E-state index in [4.69, 9.17) is 40.2 Å². The Bertz CT molecular complexity index is 1060. The van der Waals surface area contributed by atoms with Crippen LogP contribution < -0.4 is 15.4 Å². The Labute approximate surface area is 170 Å². The molecule has 8 heteroatoms. The van der Waals surface area contributed by atoms with Gasteiger partial charge in [0.05, 0.1) is 17.7 Å². The molecule has 3 aromatic rings. The number of hydrogen-bond acceptors (Lipinski definition) is 4. The maximum atomic E-state index is 12.6. The highest BCUT2D eigenvalue weighted by molar-refractivity contribution is 7.80. The van der Waals surface area contributed by atoms with Crippen LogP contribution in [0.4, 0.5) is 5.69 Å². The molecule has 3 aromatic carbocycles. The third-order valence-corrected chi connectivity index (χ3v) is 4.53. The number of amides is 1. The molecule has 0 bridgehead atoms. The lowest BCUT2D eigenvalue weighted by Crippen LogP contribution is -2.34. The third kappa shape index (κ3) is 4.08. The summed E-state index contributed by atoms with van der Waals surface area (Å²) in [6.07, 6.45) is 0. The summed E-state index contributed by atoms with van der Waals surface area (Å²) in [6, 6.07) is 13.4. The maximum Gasteiger partial charge on any atom is 0.261 e. The topological polar surface area (TPSA) is 70.6 Å². The summed E-state index contributed by atoms with van der Waals surface area (Å²) in [5, 5.41) is 17.5. The lowest BCUT2D eigenvalue weighted by Gasteiger charge is -2.14. The number of fused-ring (bicyclic) bond motifs is 1. The Morgan fingerprint density at radius 3 is 2.56 bits per heavy atom. The van der Waals surface area contributed by atoms with Crippen molar-refractivity contribution in [1.29, 1.82) is 0 Å². The van der Waals surface area contributed by atoms with E-state index in [2.05, 4.69) is 10.6 Å². The van der Waals surface area contributed by atoms with E-state index in [0.29, 0.717) is 16.1 Å². The average molecular weight is 421 g/mol. The van der Waals surface area contributed by atoms with Gasteiger partial charge in [0.15, 0.2) is 5.11 Å². The van der Waals surface area contributed by atoms with Crippen LogP contribution in [0.25, 0.3) is 10.8 Å². The van der Waals surface area contributed by atoms with Crippen LogP contribution >= 0.6 is 35.4 Å². The minimum atomic E-state index is -0.517. The van der Waals surface area contributed by atoms with Crippen LogP contribution in [0.1, 0.15) is 10.4 Å². The van der Waals surface area contributed by atoms with Crippen LogP contribution in [-0.2, 0) is 0 Å². The number of rotatable bonds is 3. The van der Waals surface area contributed by atoms with E-state index in [-0.39, 0.29) is 27.2 Å². The first kappa shape index (κ1) is 19.2. The van der Waals surface area contributed by atoms with Crippen molar-refractivity contribution in [3.8, 4) is 11.5 Å². The van der Waals surface area contributed by atoms with E-state index in [0.717, 1.165) is 5.39 Å². The first-order valence-corrected chi connectivity index (χ1v) is 8.93. The summed E-state index contributed by atoms with van der Waals surface area (Å²) >= 11 is 17.3. The predicted octanol–water partition coefficient (Wildman–Crippen LogP) is 4.99. The molecular weight excluding hydrogens is 407 g/mol. The van der Waals surface area contributed by atoms with Gasteiger partial charge in [-0.3, -0.25) is 10.1 Å². The number of nitrogens with one attached hydrogen (secondary N) is 2. The van der Waals surface area contributed by atoms with Gasteiger partial charge in [0.1, 0.15) is 11.5 Å². The Morgan fingerprint density at radius 1 is 1.11 bits per heavy atom. The molecule has 0 radical (unpaired) electrons. The maximum absolute atomic E-state index is 12.6. The lowest BCUT2D eigenvalue weighted by molar-refractivity contribution is 0.0975. The standard InChI is InChI=1S/C19H14Cl2N2O3S/c1-26-17-13(8-10(20)9-14(17)21)18(25)23-19(27)22-15-6-2-5-12-11(15)4-3-7-16(12)24/h2-9,24H,1H3,(H2,22,23,25,27). The highest BCUT2D eigenvalue weighted by Crippen LogP contribution is 2.32. The summed E-state index contributed by atoms with van der Waals surface area (Å²) in [4.78, 5) is 12.6. The summed E-state index contributed by atoms with van der Waals surface area (Å²) < 4.78 is 5.18. The smallest absolute Gasteiger partial charge is 0.261 e. The van der Waals surface area contributed by atoms with E-state index in [9.17, 15) is 9.90 Å². The quantitative estimate of drug-likeness (QED) is 0.520. The molecule has 0 spiro atoms. The molecular formula is C19H14Cl2N2O3S. The van der Waals surface area contributed by atoms with Crippen LogP contribution in [0.15, 0.2) is 48.5 Å². The van der Waals surface area contributed by atoms with Crippen LogP contribution in [0.5, 0.6) is 11.5 Å². The van der Waals surface area contributed by atoms with Crippen LogP contribution in [0.2, 0.25) is 10.0 Å². The highest BCUT2D eigenvalue weighted by atomic mass is 35.5. The number of methoxy groups -OCH3 is 1. The van der Waals surface area contributed by atoms with Gasteiger partial charge in [0.25, 0.3) is 5.91 Å². The van der Waals surface area contributed by atoms with Crippen molar-refractivity contribution in [2.75, 3.05) is 12.4 Å². The predicted molar refractivity (Wildman–Crippen MR) is 112 cm³/mol. The lowest BCUT2D eigenvalue weighted by atomic mass is 10.1. The highest BCUT2D eigenvalue weighted by Gasteiger charge is 2.18. The summed E-state index contributed by atoms with van der Waals surface area (Å²) in [6.45, 7) is 0. The zero-order valence-corrected chi connectivity index (χ0v) is 16.4. The van der Waals surface area contributed by atoms with Crippen LogP contribution in [0, 0.1) is 0 Å². The van der Waals surface area contributed by atoms with Gasteiger partial charge >= 0.3 is 0 Å². The minimum Gasteiger partial charge on any atom is -0.507 e. The first-order chi connectivity index (χ1) is 12.9. The zero-order valence-electron chi connectivity index (χ0n) is 14.0. The van der Waals surface area contributed by atoms with E-state index >= 15 is 0 Å². The number of ether oxygens (including phenoxy) is 1. The molecule has 0 aliphatic carbocycles. The molecule has 0 saturated heterocycles. The molecule has 0 aliphatic rings. The molecule has 27 heavy (non-hydrogen) atoms. The molecule has 138 valence electrons. The summed E-state index contributed by atoms with van der Waals surface area (Å²) in [5.74, 6) is -0.155. The molecule has 0 atom stereocenters. The molecule has 0 fully saturated rings. The van der Waals surface area contributed by atoms with E-state index in [1.807, 2.05) is 6.07 Å². The van der Waals surface area contributed by atoms with Gasteiger partial charge in [-0.1, -0.05) is 47.5 Å². The van der Waals surface area contributed by atoms with Gasteiger partial charge in [0.2, 0.25) is 0 Å². The van der Waals surface area contributed by atoms with Crippen LogP contribution in [0.3, 0.4) is 0 Å². The number of phenolic OH excluding ortho intramolecular Hbond substituents is 1. The van der Waals surface area contributed by atoms with Crippen molar-refractivity contribution in [2.45, 2.75) is 0 Å². The van der Waals surface area contributed by atoms with Crippen molar-refractivity contribution in [3.63, 3.8) is 0 Å². The molecule has 5 nitrogen and oxygen atoms in total. The first-order valence-electron chi connectivity index (χ1n) is 7.76. The van der Waals surface area contributed by atoms with Crippen molar-refractivity contribution in [3.05, 3.63) is 64.1 Å². The van der Waals surface area contributed by atoms with Gasteiger partial charge in [-0.05, 0) is 36.5 Å². The van der Waals surface area contributed by atoms with E-state index < -0.39 is 5.91 Å². The molecule has 0 aromatic heterocycles.